The first-order valence-electron chi connectivity index (χ1n) is 10.6. The van der Waals surface area contributed by atoms with Crippen LogP contribution in [0.3, 0.4) is 0 Å². The predicted molar refractivity (Wildman–Crippen MR) is 123 cm³/mol. The van der Waals surface area contributed by atoms with Gasteiger partial charge in [-0.25, -0.2) is 18.7 Å². The molecule has 1 N–H and O–H groups in total. The SMILES string of the molecule is COc1cc(Nc2ncc3c(n2)N(C)C(c2ccc(F)cc2F)CO3)ccc1-n1cnc(C)c1. The van der Waals surface area contributed by atoms with Crippen LogP contribution in [0.2, 0.25) is 0 Å². The number of halogens is 2. The highest BCUT2D eigenvalue weighted by molar-refractivity contribution is 5.64. The molecule has 1 unspecified atom stereocenters. The lowest BCUT2D eigenvalue weighted by Gasteiger charge is -2.35. The lowest BCUT2D eigenvalue weighted by molar-refractivity contribution is 0.262. The second kappa shape index (κ2) is 8.62. The molecule has 0 spiro atoms. The number of hydrogen-bond donors (Lipinski definition) is 1. The van der Waals surface area contributed by atoms with Crippen LogP contribution >= 0.6 is 0 Å². The maximum atomic E-state index is 14.4. The van der Waals surface area contributed by atoms with Gasteiger partial charge in [0.25, 0.3) is 0 Å². The first-order valence-corrected chi connectivity index (χ1v) is 10.6. The van der Waals surface area contributed by atoms with E-state index in [4.69, 9.17) is 9.47 Å². The van der Waals surface area contributed by atoms with Crippen molar-refractivity contribution in [3.05, 3.63) is 78.0 Å². The number of likely N-dealkylation sites (N-methyl/N-ethyl adjacent to an activating group) is 1. The van der Waals surface area contributed by atoms with Crippen molar-refractivity contribution >= 4 is 17.5 Å². The van der Waals surface area contributed by atoms with E-state index in [1.54, 1.807) is 31.6 Å². The number of nitrogens with zero attached hydrogens (tertiary/aromatic N) is 5. The van der Waals surface area contributed by atoms with Crippen LogP contribution in [0, 0.1) is 18.6 Å². The minimum atomic E-state index is -0.628. The molecule has 0 fully saturated rings. The Morgan fingerprint density at radius 3 is 2.74 bits per heavy atom. The highest BCUT2D eigenvalue weighted by Crippen LogP contribution is 2.38. The van der Waals surface area contributed by atoms with Gasteiger partial charge in [0.05, 0.1) is 37.1 Å². The molecule has 34 heavy (non-hydrogen) atoms. The summed E-state index contributed by atoms with van der Waals surface area (Å²) >= 11 is 0. The van der Waals surface area contributed by atoms with Gasteiger partial charge in [0.2, 0.25) is 5.95 Å². The minimum Gasteiger partial charge on any atom is -0.494 e. The number of anilines is 3. The molecule has 0 saturated carbocycles. The summed E-state index contributed by atoms with van der Waals surface area (Å²) in [4.78, 5) is 15.0. The van der Waals surface area contributed by atoms with Crippen molar-refractivity contribution in [2.75, 3.05) is 31.0 Å². The number of nitrogens with one attached hydrogen (secondary N) is 1. The molecule has 3 heterocycles. The quantitative estimate of drug-likeness (QED) is 0.464. The highest BCUT2D eigenvalue weighted by Gasteiger charge is 2.30. The van der Waals surface area contributed by atoms with Gasteiger partial charge < -0.3 is 24.3 Å². The van der Waals surface area contributed by atoms with Gasteiger partial charge in [-0.05, 0) is 25.1 Å². The van der Waals surface area contributed by atoms with E-state index in [0.29, 0.717) is 28.8 Å². The van der Waals surface area contributed by atoms with Gasteiger partial charge in [-0.1, -0.05) is 6.07 Å². The summed E-state index contributed by atoms with van der Waals surface area (Å²) in [6, 6.07) is 8.69. The molecule has 4 aromatic rings. The van der Waals surface area contributed by atoms with Crippen LogP contribution in [0.15, 0.2) is 55.1 Å². The lowest BCUT2D eigenvalue weighted by Crippen LogP contribution is -2.35. The number of benzene rings is 2. The molecule has 2 aromatic carbocycles. The summed E-state index contributed by atoms with van der Waals surface area (Å²) in [5.74, 6) is 0.705. The standard InChI is InChI=1S/C24H22F2N6O2/c1-14-11-32(13-28-14)19-7-5-16(9-21(19)33-3)29-24-27-10-22-23(30-24)31(2)20(12-34-22)17-6-4-15(25)8-18(17)26/h4-11,13,20H,12H2,1-3H3,(H,27,29,30). The second-order valence-corrected chi connectivity index (χ2v) is 7.92. The Morgan fingerprint density at radius 1 is 1.15 bits per heavy atom. The fourth-order valence-electron chi connectivity index (χ4n) is 3.93. The molecular weight excluding hydrogens is 442 g/mol. The van der Waals surface area contributed by atoms with Crippen molar-refractivity contribution in [1.29, 1.82) is 0 Å². The molecule has 0 bridgehead atoms. The summed E-state index contributed by atoms with van der Waals surface area (Å²) in [7, 11) is 3.39. The van der Waals surface area contributed by atoms with Gasteiger partial charge in [0.1, 0.15) is 24.0 Å². The molecule has 0 aliphatic carbocycles. The molecule has 0 saturated heterocycles. The Balaban J connectivity index is 1.41. The fourth-order valence-corrected chi connectivity index (χ4v) is 3.93. The van der Waals surface area contributed by atoms with Gasteiger partial charge in [0.15, 0.2) is 11.6 Å². The highest BCUT2D eigenvalue weighted by atomic mass is 19.1. The van der Waals surface area contributed by atoms with Crippen molar-refractivity contribution in [2.24, 2.45) is 0 Å². The number of ether oxygens (including phenoxy) is 2. The Hall–Kier alpha value is -4.21. The minimum absolute atomic E-state index is 0.189. The van der Waals surface area contributed by atoms with Gasteiger partial charge in [-0.15, -0.1) is 0 Å². The molecule has 0 amide bonds. The first kappa shape index (κ1) is 21.6. The average molecular weight is 464 g/mol. The Morgan fingerprint density at radius 2 is 2.00 bits per heavy atom. The van der Waals surface area contributed by atoms with Gasteiger partial charge in [-0.3, -0.25) is 0 Å². The van der Waals surface area contributed by atoms with Crippen LogP contribution in [-0.2, 0) is 0 Å². The number of rotatable bonds is 5. The van der Waals surface area contributed by atoms with E-state index in [1.165, 1.54) is 12.1 Å². The smallest absolute Gasteiger partial charge is 0.229 e. The predicted octanol–water partition coefficient (Wildman–Crippen LogP) is 4.57. The monoisotopic (exact) mass is 464 g/mol. The van der Waals surface area contributed by atoms with Crippen molar-refractivity contribution in [1.82, 2.24) is 19.5 Å². The number of methoxy groups -OCH3 is 1. The molecule has 1 aliphatic rings. The summed E-state index contributed by atoms with van der Waals surface area (Å²) in [6.07, 6.45) is 5.20. The zero-order valence-electron chi connectivity index (χ0n) is 18.8. The van der Waals surface area contributed by atoms with E-state index in [1.807, 2.05) is 35.9 Å². The molecule has 10 heteroatoms. The molecular formula is C24H22F2N6O2. The maximum absolute atomic E-state index is 14.4. The van der Waals surface area contributed by atoms with Gasteiger partial charge >= 0.3 is 0 Å². The third kappa shape index (κ3) is 3.98. The zero-order chi connectivity index (χ0) is 23.8. The second-order valence-electron chi connectivity index (χ2n) is 7.92. The summed E-state index contributed by atoms with van der Waals surface area (Å²) in [6.45, 7) is 2.11. The van der Waals surface area contributed by atoms with E-state index in [-0.39, 0.29) is 6.61 Å². The fraction of sp³-hybridized carbons (Fsp3) is 0.208. The average Bonchev–Trinajstić information content (AvgIpc) is 3.26. The van der Waals surface area contributed by atoms with Crippen LogP contribution in [0.1, 0.15) is 17.3 Å². The van der Waals surface area contributed by atoms with Crippen molar-refractivity contribution in [3.8, 4) is 17.2 Å². The van der Waals surface area contributed by atoms with Crippen molar-refractivity contribution in [3.63, 3.8) is 0 Å². The summed E-state index contributed by atoms with van der Waals surface area (Å²) in [5, 5.41) is 3.17. The van der Waals surface area contributed by atoms with Crippen molar-refractivity contribution < 1.29 is 18.3 Å². The van der Waals surface area contributed by atoms with E-state index in [0.717, 1.165) is 23.1 Å². The number of hydrogen-bond acceptors (Lipinski definition) is 7. The molecule has 2 aromatic heterocycles. The Bertz CT molecular complexity index is 1360. The van der Waals surface area contributed by atoms with E-state index >= 15 is 0 Å². The normalized spacial score (nSPS) is 15.0. The number of fused-ring (bicyclic) bond motifs is 1. The lowest BCUT2D eigenvalue weighted by atomic mass is 10.0. The van der Waals surface area contributed by atoms with Crippen LogP contribution in [0.5, 0.6) is 11.5 Å². The molecule has 5 rings (SSSR count). The molecule has 174 valence electrons. The van der Waals surface area contributed by atoms with E-state index in [2.05, 4.69) is 20.3 Å². The maximum Gasteiger partial charge on any atom is 0.229 e. The van der Waals surface area contributed by atoms with Crippen LogP contribution in [0.4, 0.5) is 26.2 Å². The first-order chi connectivity index (χ1) is 16.4. The Labute approximate surface area is 194 Å². The van der Waals surface area contributed by atoms with Crippen LogP contribution in [0.25, 0.3) is 5.69 Å². The molecule has 1 aliphatic heterocycles. The number of aromatic nitrogens is 4. The third-order valence-corrected chi connectivity index (χ3v) is 5.68. The summed E-state index contributed by atoms with van der Waals surface area (Å²) in [5.41, 5.74) is 2.80. The third-order valence-electron chi connectivity index (χ3n) is 5.68. The topological polar surface area (TPSA) is 77.3 Å². The zero-order valence-corrected chi connectivity index (χ0v) is 18.8. The number of imidazole rings is 1. The molecule has 8 nitrogen and oxygen atoms in total. The van der Waals surface area contributed by atoms with Crippen LogP contribution < -0.4 is 19.7 Å². The van der Waals surface area contributed by atoms with E-state index < -0.39 is 17.7 Å². The largest absolute Gasteiger partial charge is 0.494 e. The Kier molecular flexibility index (Phi) is 5.48. The van der Waals surface area contributed by atoms with Gasteiger partial charge in [-0.2, -0.15) is 4.98 Å². The molecule has 0 radical (unpaired) electrons. The van der Waals surface area contributed by atoms with E-state index in [9.17, 15) is 8.78 Å². The number of aryl methyl sites for hydroxylation is 1. The summed E-state index contributed by atoms with van der Waals surface area (Å²) < 4.78 is 41.0. The molecule has 1 atom stereocenters. The van der Waals surface area contributed by atoms with Gasteiger partial charge in [0, 0.05) is 36.6 Å². The van der Waals surface area contributed by atoms with Crippen molar-refractivity contribution in [2.45, 2.75) is 13.0 Å². The van der Waals surface area contributed by atoms with Crippen LogP contribution in [-0.4, -0.2) is 40.3 Å².